The minimum Gasteiger partial charge on any atom is -0.349 e. The molecule has 1 aliphatic heterocycles. The maximum absolute atomic E-state index is 12.6. The molecule has 0 atom stereocenters. The van der Waals surface area contributed by atoms with Gasteiger partial charge in [0.1, 0.15) is 0 Å². The summed E-state index contributed by atoms with van der Waals surface area (Å²) in [7, 11) is 3.58. The average Bonchev–Trinajstić information content (AvgIpc) is 2.97. The zero-order chi connectivity index (χ0) is 15.7. The van der Waals surface area contributed by atoms with Crippen molar-refractivity contribution in [2.45, 2.75) is 12.8 Å². The van der Waals surface area contributed by atoms with Crippen molar-refractivity contribution in [3.8, 4) is 0 Å². The molecule has 0 aliphatic carbocycles. The monoisotopic (exact) mass is 316 g/mol. The number of carbonyl (C=O) groups excluding carboxylic acids is 2. The second kappa shape index (κ2) is 6.08. The van der Waals surface area contributed by atoms with Crippen LogP contribution in [-0.4, -0.2) is 48.8 Å². The van der Waals surface area contributed by atoms with E-state index in [4.69, 9.17) is 0 Å². The number of fused-ring (bicyclic) bond motifs is 1. The van der Waals surface area contributed by atoms with Crippen LogP contribution >= 0.6 is 11.3 Å². The van der Waals surface area contributed by atoms with Crippen molar-refractivity contribution in [2.24, 2.45) is 5.92 Å². The van der Waals surface area contributed by atoms with E-state index in [1.54, 1.807) is 30.3 Å². The lowest BCUT2D eigenvalue weighted by molar-refractivity contribution is -0.134. The molecular weight excluding hydrogens is 296 g/mol. The molecule has 1 aliphatic rings. The minimum absolute atomic E-state index is 0.0569. The topological polar surface area (TPSA) is 40.6 Å². The first-order valence-electron chi connectivity index (χ1n) is 7.55. The van der Waals surface area contributed by atoms with Crippen LogP contribution in [0.15, 0.2) is 30.3 Å². The van der Waals surface area contributed by atoms with E-state index in [1.165, 1.54) is 0 Å². The lowest BCUT2D eigenvalue weighted by Gasteiger charge is -2.32. The van der Waals surface area contributed by atoms with Crippen molar-refractivity contribution in [3.05, 3.63) is 35.2 Å². The van der Waals surface area contributed by atoms with Gasteiger partial charge in [-0.05, 0) is 30.4 Å². The van der Waals surface area contributed by atoms with E-state index < -0.39 is 0 Å². The predicted octanol–water partition coefficient (Wildman–Crippen LogP) is 2.84. The highest BCUT2D eigenvalue weighted by Gasteiger charge is 2.29. The fourth-order valence-electron chi connectivity index (χ4n) is 2.94. The standard InChI is InChI=1S/C17H20N2O2S/c1-18(2)16(20)12-7-9-19(10-8-12)17(21)15-11-13-5-3-4-6-14(13)22-15/h3-6,11-12H,7-10H2,1-2H3. The number of likely N-dealkylation sites (tertiary alicyclic amines) is 1. The van der Waals surface area contributed by atoms with Gasteiger partial charge in [0, 0.05) is 37.8 Å². The van der Waals surface area contributed by atoms with Crippen LogP contribution in [-0.2, 0) is 4.79 Å². The van der Waals surface area contributed by atoms with E-state index in [0.29, 0.717) is 13.1 Å². The number of rotatable bonds is 2. The number of hydrogen-bond donors (Lipinski definition) is 0. The van der Waals surface area contributed by atoms with Gasteiger partial charge in [-0.15, -0.1) is 11.3 Å². The highest BCUT2D eigenvalue weighted by Crippen LogP contribution is 2.28. The summed E-state index contributed by atoms with van der Waals surface area (Å²) in [5.74, 6) is 0.326. The third-order valence-electron chi connectivity index (χ3n) is 4.21. The van der Waals surface area contributed by atoms with E-state index in [0.717, 1.165) is 27.8 Å². The second-order valence-electron chi connectivity index (χ2n) is 5.95. The van der Waals surface area contributed by atoms with Gasteiger partial charge in [-0.2, -0.15) is 0 Å². The number of hydrogen-bond acceptors (Lipinski definition) is 3. The zero-order valence-electron chi connectivity index (χ0n) is 12.9. The number of nitrogens with zero attached hydrogens (tertiary/aromatic N) is 2. The molecule has 3 rings (SSSR count). The fourth-order valence-corrected chi connectivity index (χ4v) is 3.97. The highest BCUT2D eigenvalue weighted by molar-refractivity contribution is 7.20. The Bertz CT molecular complexity index is 667. The molecule has 0 saturated carbocycles. The van der Waals surface area contributed by atoms with Crippen LogP contribution in [0.3, 0.4) is 0 Å². The Morgan fingerprint density at radius 3 is 2.50 bits per heavy atom. The predicted molar refractivity (Wildman–Crippen MR) is 89.1 cm³/mol. The Balaban J connectivity index is 1.68. The van der Waals surface area contributed by atoms with Crippen LogP contribution in [0.25, 0.3) is 10.1 Å². The van der Waals surface area contributed by atoms with E-state index in [-0.39, 0.29) is 17.7 Å². The quantitative estimate of drug-likeness (QED) is 0.855. The lowest BCUT2D eigenvalue weighted by atomic mass is 9.95. The molecule has 1 aromatic carbocycles. The van der Waals surface area contributed by atoms with Crippen molar-refractivity contribution in [2.75, 3.05) is 27.2 Å². The molecule has 1 fully saturated rings. The van der Waals surface area contributed by atoms with E-state index >= 15 is 0 Å². The summed E-state index contributed by atoms with van der Waals surface area (Å²) in [6, 6.07) is 10.0. The SMILES string of the molecule is CN(C)C(=O)C1CCN(C(=O)c2cc3ccccc3s2)CC1. The molecule has 0 spiro atoms. The minimum atomic E-state index is 0.0569. The highest BCUT2D eigenvalue weighted by atomic mass is 32.1. The van der Waals surface area contributed by atoms with Crippen LogP contribution in [0.2, 0.25) is 0 Å². The van der Waals surface area contributed by atoms with Crippen LogP contribution in [0.1, 0.15) is 22.5 Å². The van der Waals surface area contributed by atoms with Gasteiger partial charge in [0.2, 0.25) is 5.91 Å². The Morgan fingerprint density at radius 1 is 1.18 bits per heavy atom. The number of thiophene rings is 1. The van der Waals surface area contributed by atoms with Crippen LogP contribution in [0.5, 0.6) is 0 Å². The normalized spacial score (nSPS) is 16.0. The summed E-state index contributed by atoms with van der Waals surface area (Å²) in [5, 5.41) is 1.12. The summed E-state index contributed by atoms with van der Waals surface area (Å²) in [5.41, 5.74) is 0. The molecular formula is C17H20N2O2S. The van der Waals surface area contributed by atoms with Gasteiger partial charge < -0.3 is 9.80 Å². The largest absolute Gasteiger partial charge is 0.349 e. The van der Waals surface area contributed by atoms with Gasteiger partial charge >= 0.3 is 0 Å². The summed E-state index contributed by atoms with van der Waals surface area (Å²) < 4.78 is 1.14. The number of carbonyl (C=O) groups is 2. The summed E-state index contributed by atoms with van der Waals surface area (Å²) in [6.45, 7) is 1.33. The Labute approximate surface area is 134 Å². The molecule has 0 bridgehead atoms. The molecule has 2 aromatic rings. The molecule has 0 radical (unpaired) electrons. The van der Waals surface area contributed by atoms with Crippen molar-refractivity contribution < 1.29 is 9.59 Å². The maximum atomic E-state index is 12.6. The van der Waals surface area contributed by atoms with Gasteiger partial charge in [0.25, 0.3) is 5.91 Å². The van der Waals surface area contributed by atoms with Crippen molar-refractivity contribution in [3.63, 3.8) is 0 Å². The molecule has 5 heteroatoms. The third-order valence-corrected chi connectivity index (χ3v) is 5.31. The molecule has 2 heterocycles. The average molecular weight is 316 g/mol. The van der Waals surface area contributed by atoms with E-state index in [2.05, 4.69) is 0 Å². The first-order valence-corrected chi connectivity index (χ1v) is 8.37. The van der Waals surface area contributed by atoms with Crippen LogP contribution < -0.4 is 0 Å². The first kappa shape index (κ1) is 15.0. The van der Waals surface area contributed by atoms with Gasteiger partial charge in [-0.3, -0.25) is 9.59 Å². The van der Waals surface area contributed by atoms with Crippen LogP contribution in [0.4, 0.5) is 0 Å². The van der Waals surface area contributed by atoms with Crippen LogP contribution in [0, 0.1) is 5.92 Å². The van der Waals surface area contributed by atoms with Gasteiger partial charge in [0.05, 0.1) is 4.88 Å². The Hall–Kier alpha value is -1.88. The molecule has 116 valence electrons. The third kappa shape index (κ3) is 2.86. The molecule has 1 aromatic heterocycles. The molecule has 22 heavy (non-hydrogen) atoms. The summed E-state index contributed by atoms with van der Waals surface area (Å²) in [4.78, 5) is 28.9. The second-order valence-corrected chi connectivity index (χ2v) is 7.03. The molecule has 0 N–H and O–H groups in total. The fraction of sp³-hybridized carbons (Fsp3) is 0.412. The van der Waals surface area contributed by atoms with E-state index in [1.807, 2.05) is 35.2 Å². The number of amides is 2. The summed E-state index contributed by atoms with van der Waals surface area (Å²) >= 11 is 1.54. The molecule has 1 saturated heterocycles. The maximum Gasteiger partial charge on any atom is 0.263 e. The van der Waals surface area contributed by atoms with Crippen molar-refractivity contribution in [1.29, 1.82) is 0 Å². The first-order chi connectivity index (χ1) is 10.6. The lowest BCUT2D eigenvalue weighted by Crippen LogP contribution is -2.42. The zero-order valence-corrected chi connectivity index (χ0v) is 13.7. The van der Waals surface area contributed by atoms with Gasteiger partial charge in [-0.1, -0.05) is 18.2 Å². The van der Waals surface area contributed by atoms with Crippen molar-refractivity contribution >= 4 is 33.2 Å². The van der Waals surface area contributed by atoms with Crippen molar-refractivity contribution in [1.82, 2.24) is 9.80 Å². The molecule has 4 nitrogen and oxygen atoms in total. The molecule has 2 amide bonds. The number of benzene rings is 1. The summed E-state index contributed by atoms with van der Waals surface area (Å²) in [6.07, 6.45) is 1.52. The smallest absolute Gasteiger partial charge is 0.263 e. The Kier molecular flexibility index (Phi) is 4.16. The van der Waals surface area contributed by atoms with Gasteiger partial charge in [0.15, 0.2) is 0 Å². The number of piperidine rings is 1. The Morgan fingerprint density at radius 2 is 1.86 bits per heavy atom. The van der Waals surface area contributed by atoms with Gasteiger partial charge in [-0.25, -0.2) is 0 Å². The van der Waals surface area contributed by atoms with E-state index in [9.17, 15) is 9.59 Å². The molecule has 0 unspecified atom stereocenters.